The van der Waals surface area contributed by atoms with Gasteiger partial charge in [-0.1, -0.05) is 58.1 Å². The number of benzene rings is 2. The topological polar surface area (TPSA) is 32.3 Å². The van der Waals surface area contributed by atoms with Gasteiger partial charge < -0.3 is 5.32 Å². The van der Waals surface area contributed by atoms with Gasteiger partial charge in [-0.2, -0.15) is 0 Å². The lowest BCUT2D eigenvalue weighted by atomic mass is 10.2. The molecule has 1 aliphatic rings. The van der Waals surface area contributed by atoms with Crippen molar-refractivity contribution in [2.45, 2.75) is 0 Å². The second kappa shape index (κ2) is 7.46. The summed E-state index contributed by atoms with van der Waals surface area (Å²) in [5, 5.41) is 3.15. The van der Waals surface area contributed by atoms with Gasteiger partial charge in [-0.05, 0) is 36.4 Å². The molecule has 0 aromatic heterocycles. The molecule has 24 heavy (non-hydrogen) atoms. The highest BCUT2D eigenvalue weighted by molar-refractivity contribution is 9.10. The first-order chi connectivity index (χ1) is 11.5. The number of carbonyl (C=O) groups excluding carboxylic acids is 1. The van der Waals surface area contributed by atoms with Gasteiger partial charge in [0.15, 0.2) is 0 Å². The van der Waals surface area contributed by atoms with Crippen molar-refractivity contribution in [3.05, 3.63) is 69.3 Å². The summed E-state index contributed by atoms with van der Waals surface area (Å²) >= 11 is 9.82. The van der Waals surface area contributed by atoms with Crippen molar-refractivity contribution >= 4 is 61.9 Å². The molecular weight excluding hydrogens is 411 g/mol. The van der Waals surface area contributed by atoms with E-state index in [-0.39, 0.29) is 18.4 Å². The molecule has 0 radical (unpaired) electrons. The minimum Gasteiger partial charge on any atom is -0.367 e. The highest BCUT2D eigenvalue weighted by atomic mass is 79.9. The predicted octanol–water partition coefficient (Wildman–Crippen LogP) is 4.86. The molecule has 0 saturated carbocycles. The maximum atomic E-state index is 13.7. The number of nitrogens with one attached hydrogen (secondary N) is 1. The van der Waals surface area contributed by atoms with Gasteiger partial charge in [0.25, 0.3) is 5.91 Å². The average Bonchev–Trinajstić information content (AvgIpc) is 2.83. The van der Waals surface area contributed by atoms with Crippen LogP contribution in [0, 0.1) is 5.82 Å². The largest absolute Gasteiger partial charge is 0.367 e. The third kappa shape index (κ3) is 3.85. The van der Waals surface area contributed by atoms with Gasteiger partial charge in [-0.25, -0.2) is 4.39 Å². The Bertz CT molecular complexity index is 824. The van der Waals surface area contributed by atoms with Crippen LogP contribution in [0.2, 0.25) is 0 Å². The first kappa shape index (κ1) is 17.1. The molecule has 2 aromatic carbocycles. The van der Waals surface area contributed by atoms with Crippen molar-refractivity contribution in [2.24, 2.45) is 0 Å². The Kier molecular flexibility index (Phi) is 5.33. The molecule has 7 heteroatoms. The molecule has 1 fully saturated rings. The summed E-state index contributed by atoms with van der Waals surface area (Å²) in [6.07, 6.45) is 1.54. The number of hydrogen-bond donors (Lipinski definition) is 1. The first-order valence-electron chi connectivity index (χ1n) is 7.04. The van der Waals surface area contributed by atoms with Crippen LogP contribution in [-0.2, 0) is 4.79 Å². The van der Waals surface area contributed by atoms with Crippen LogP contribution in [-0.4, -0.2) is 21.8 Å². The Morgan fingerprint density at radius 1 is 1.21 bits per heavy atom. The van der Waals surface area contributed by atoms with Crippen LogP contribution in [0.3, 0.4) is 0 Å². The Morgan fingerprint density at radius 2 is 1.92 bits per heavy atom. The van der Waals surface area contributed by atoms with Gasteiger partial charge in [-0.3, -0.25) is 9.69 Å². The molecular formula is C17H12BrFN2OS2. The summed E-state index contributed by atoms with van der Waals surface area (Å²) in [5.41, 5.74) is 1.25. The zero-order valence-corrected chi connectivity index (χ0v) is 15.6. The number of halogens is 2. The van der Waals surface area contributed by atoms with Crippen LogP contribution in [0.25, 0.3) is 6.08 Å². The number of hydrogen-bond acceptors (Lipinski definition) is 4. The van der Waals surface area contributed by atoms with E-state index in [1.165, 1.54) is 28.8 Å². The molecule has 1 heterocycles. The van der Waals surface area contributed by atoms with Crippen LogP contribution < -0.4 is 5.32 Å². The van der Waals surface area contributed by atoms with Crippen molar-refractivity contribution in [3.8, 4) is 0 Å². The van der Waals surface area contributed by atoms with E-state index >= 15 is 0 Å². The van der Waals surface area contributed by atoms with Gasteiger partial charge in [0, 0.05) is 15.7 Å². The number of amides is 1. The third-order valence-electron chi connectivity index (χ3n) is 3.35. The Labute approximate surface area is 157 Å². The first-order valence-corrected chi connectivity index (χ1v) is 9.06. The summed E-state index contributed by atoms with van der Waals surface area (Å²) in [7, 11) is 0. The monoisotopic (exact) mass is 422 g/mol. The minimum absolute atomic E-state index is 0.224. The van der Waals surface area contributed by atoms with E-state index in [1.807, 2.05) is 24.3 Å². The normalized spacial score (nSPS) is 16.1. The maximum Gasteiger partial charge on any atom is 0.267 e. The SMILES string of the molecule is O=C1/C(=C\c2ccccc2F)SC(=S)N1CNc1ccc(Br)cc1. The predicted molar refractivity (Wildman–Crippen MR) is 104 cm³/mol. The quantitative estimate of drug-likeness (QED) is 0.563. The number of rotatable bonds is 4. The fourth-order valence-corrected chi connectivity index (χ4v) is 3.62. The lowest BCUT2D eigenvalue weighted by Crippen LogP contribution is -2.33. The molecule has 1 amide bonds. The molecule has 1 aliphatic heterocycles. The molecule has 0 aliphatic carbocycles. The molecule has 2 aromatic rings. The lowest BCUT2D eigenvalue weighted by molar-refractivity contribution is -0.121. The van der Waals surface area contributed by atoms with Gasteiger partial charge in [0.1, 0.15) is 10.1 Å². The van der Waals surface area contributed by atoms with Crippen LogP contribution in [0.1, 0.15) is 5.56 Å². The number of carbonyl (C=O) groups is 1. The van der Waals surface area contributed by atoms with E-state index in [2.05, 4.69) is 21.2 Å². The van der Waals surface area contributed by atoms with Crippen molar-refractivity contribution in [2.75, 3.05) is 12.0 Å². The third-order valence-corrected chi connectivity index (χ3v) is 5.26. The van der Waals surface area contributed by atoms with Gasteiger partial charge in [0.2, 0.25) is 0 Å². The van der Waals surface area contributed by atoms with Crippen molar-refractivity contribution in [3.63, 3.8) is 0 Å². The fourth-order valence-electron chi connectivity index (χ4n) is 2.11. The van der Waals surface area contributed by atoms with E-state index < -0.39 is 0 Å². The smallest absolute Gasteiger partial charge is 0.267 e. The number of thioether (sulfide) groups is 1. The van der Waals surface area contributed by atoms with E-state index in [0.29, 0.717) is 14.8 Å². The summed E-state index contributed by atoms with van der Waals surface area (Å²) in [6.45, 7) is 0.265. The number of nitrogens with zero attached hydrogens (tertiary/aromatic N) is 1. The Morgan fingerprint density at radius 3 is 2.62 bits per heavy atom. The number of thiocarbonyl (C=S) groups is 1. The van der Waals surface area contributed by atoms with Gasteiger partial charge in [0.05, 0.1) is 11.6 Å². The average molecular weight is 423 g/mol. The minimum atomic E-state index is -0.365. The Hall–Kier alpha value is -1.70. The zero-order chi connectivity index (χ0) is 17.1. The summed E-state index contributed by atoms with van der Waals surface area (Å²) in [4.78, 5) is 14.4. The maximum absolute atomic E-state index is 13.7. The van der Waals surface area contributed by atoms with Gasteiger partial charge >= 0.3 is 0 Å². The molecule has 0 atom stereocenters. The van der Waals surface area contributed by atoms with Crippen molar-refractivity contribution < 1.29 is 9.18 Å². The summed E-state index contributed by atoms with van der Waals surface area (Å²) < 4.78 is 15.2. The molecule has 0 bridgehead atoms. The molecule has 3 nitrogen and oxygen atoms in total. The lowest BCUT2D eigenvalue weighted by Gasteiger charge is -2.16. The van der Waals surface area contributed by atoms with Crippen molar-refractivity contribution in [1.29, 1.82) is 0 Å². The van der Waals surface area contributed by atoms with Crippen molar-refractivity contribution in [1.82, 2.24) is 4.90 Å². The molecule has 1 N–H and O–H groups in total. The van der Waals surface area contributed by atoms with Crippen LogP contribution in [0.4, 0.5) is 10.1 Å². The highest BCUT2D eigenvalue weighted by Gasteiger charge is 2.31. The molecule has 3 rings (SSSR count). The van der Waals surface area contributed by atoms with Crippen LogP contribution in [0.5, 0.6) is 0 Å². The molecule has 1 saturated heterocycles. The molecule has 122 valence electrons. The molecule has 0 spiro atoms. The second-order valence-electron chi connectivity index (χ2n) is 4.97. The zero-order valence-electron chi connectivity index (χ0n) is 12.3. The standard InChI is InChI=1S/C17H12BrFN2OS2/c18-12-5-7-13(8-6-12)20-10-21-16(22)15(24-17(21)23)9-11-3-1-2-4-14(11)19/h1-9,20H,10H2/b15-9+. The second-order valence-corrected chi connectivity index (χ2v) is 7.56. The Balaban J connectivity index is 1.72. The van der Waals surface area contributed by atoms with Crippen LogP contribution in [0.15, 0.2) is 57.9 Å². The summed E-state index contributed by atoms with van der Waals surface area (Å²) in [5.74, 6) is -0.589. The van der Waals surface area contributed by atoms with E-state index in [1.54, 1.807) is 18.2 Å². The molecule has 0 unspecified atom stereocenters. The van der Waals surface area contributed by atoms with E-state index in [9.17, 15) is 9.18 Å². The fraction of sp³-hybridized carbons (Fsp3) is 0.0588. The van der Waals surface area contributed by atoms with E-state index in [0.717, 1.165) is 10.2 Å². The van der Waals surface area contributed by atoms with E-state index in [4.69, 9.17) is 12.2 Å². The highest BCUT2D eigenvalue weighted by Crippen LogP contribution is 2.32. The van der Waals surface area contributed by atoms with Gasteiger partial charge in [-0.15, -0.1) is 0 Å². The van der Waals surface area contributed by atoms with Crippen LogP contribution >= 0.6 is 39.9 Å². The number of anilines is 1. The summed E-state index contributed by atoms with van der Waals surface area (Å²) in [6, 6.07) is 13.9.